The summed E-state index contributed by atoms with van der Waals surface area (Å²) in [6, 6.07) is -1.02. The molecule has 70 heavy (non-hydrogen) atoms. The van der Waals surface area contributed by atoms with Gasteiger partial charge in [-0.2, -0.15) is 0 Å². The van der Waals surface area contributed by atoms with Gasteiger partial charge in [0.1, 0.15) is 24.4 Å². The molecule has 11 nitrogen and oxygen atoms in total. The molecule has 8 unspecified atom stereocenters. The van der Waals surface area contributed by atoms with Crippen molar-refractivity contribution in [3.05, 3.63) is 48.6 Å². The van der Waals surface area contributed by atoms with Crippen LogP contribution in [0.4, 0.5) is 0 Å². The molecule has 0 spiro atoms. The number of hydrogen-bond donors (Lipinski definition) is 6. The Morgan fingerprint density at radius 3 is 1.50 bits per heavy atom. The number of aliphatic hydroxyl groups is 5. The topological polar surface area (TPSA) is 175 Å². The molecule has 1 amide bonds. The summed E-state index contributed by atoms with van der Waals surface area (Å²) in [5.74, 6) is -1.21. The van der Waals surface area contributed by atoms with Crippen molar-refractivity contribution in [2.45, 2.75) is 301 Å². The molecule has 0 bridgehead atoms. The van der Waals surface area contributed by atoms with Crippen LogP contribution in [-0.2, 0) is 23.8 Å². The van der Waals surface area contributed by atoms with Crippen molar-refractivity contribution in [2.24, 2.45) is 0 Å². The molecule has 1 aliphatic rings. The SMILES string of the molecule is CCCCC/C=C\C/C=C\C/C=C\CCCCCCC(=O)OC1C(OCC(NC(=O)C(O)CCCCCCCCCCCCCC)C(O)/C=C/CCCCCCCCCCCC)OC(CO)C(O)C1O. The number of esters is 1. The molecule has 1 aliphatic heterocycles. The maximum Gasteiger partial charge on any atom is 0.306 e. The summed E-state index contributed by atoms with van der Waals surface area (Å²) in [4.78, 5) is 26.4. The molecule has 1 saturated heterocycles. The summed E-state index contributed by atoms with van der Waals surface area (Å²) in [5.41, 5.74) is 0. The number of carbonyl (C=O) groups excluding carboxylic acids is 2. The summed E-state index contributed by atoms with van der Waals surface area (Å²) in [6.07, 6.45) is 45.8. The van der Waals surface area contributed by atoms with E-state index >= 15 is 0 Å². The van der Waals surface area contributed by atoms with E-state index in [1.54, 1.807) is 6.08 Å². The second-order valence-electron chi connectivity index (χ2n) is 20.0. The normalized spacial score (nSPS) is 20.0. The van der Waals surface area contributed by atoms with Crippen LogP contribution in [0.1, 0.15) is 252 Å². The van der Waals surface area contributed by atoms with E-state index in [0.717, 1.165) is 83.5 Å². The number of aliphatic hydroxyl groups excluding tert-OH is 5. The Hall–Kier alpha value is -2.38. The van der Waals surface area contributed by atoms with Gasteiger partial charge in [0.25, 0.3) is 0 Å². The van der Waals surface area contributed by atoms with Crippen LogP contribution in [0.3, 0.4) is 0 Å². The van der Waals surface area contributed by atoms with Gasteiger partial charge in [-0.25, -0.2) is 0 Å². The van der Waals surface area contributed by atoms with Gasteiger partial charge in [0.2, 0.25) is 5.91 Å². The van der Waals surface area contributed by atoms with Crippen LogP contribution in [0.2, 0.25) is 0 Å². The number of amides is 1. The van der Waals surface area contributed by atoms with Crippen LogP contribution in [-0.4, -0.2) is 99.6 Å². The number of carbonyl (C=O) groups is 2. The Balaban J connectivity index is 2.74. The highest BCUT2D eigenvalue weighted by Crippen LogP contribution is 2.26. The molecule has 1 rings (SSSR count). The summed E-state index contributed by atoms with van der Waals surface area (Å²) < 4.78 is 17.5. The molecule has 408 valence electrons. The number of ether oxygens (including phenoxy) is 3. The lowest BCUT2D eigenvalue weighted by Gasteiger charge is -2.41. The highest BCUT2D eigenvalue weighted by Gasteiger charge is 2.47. The third-order valence-corrected chi connectivity index (χ3v) is 13.5. The number of rotatable bonds is 48. The third kappa shape index (κ3) is 35.7. The van der Waals surface area contributed by atoms with Crippen molar-refractivity contribution in [3.8, 4) is 0 Å². The predicted molar refractivity (Wildman–Crippen MR) is 287 cm³/mol. The Bertz CT molecular complexity index is 1320. The van der Waals surface area contributed by atoms with Gasteiger partial charge >= 0.3 is 5.97 Å². The van der Waals surface area contributed by atoms with E-state index in [2.05, 4.69) is 62.5 Å². The third-order valence-electron chi connectivity index (χ3n) is 13.5. The first-order valence-electron chi connectivity index (χ1n) is 28.9. The fourth-order valence-corrected chi connectivity index (χ4v) is 8.83. The fraction of sp³-hybridized carbons (Fsp3) is 0.831. The van der Waals surface area contributed by atoms with E-state index in [9.17, 15) is 35.1 Å². The van der Waals surface area contributed by atoms with Crippen LogP contribution >= 0.6 is 0 Å². The molecule has 0 aromatic carbocycles. The monoisotopic (exact) mass is 990 g/mol. The van der Waals surface area contributed by atoms with Crippen molar-refractivity contribution in [1.29, 1.82) is 0 Å². The van der Waals surface area contributed by atoms with E-state index in [1.807, 2.05) is 6.08 Å². The maximum absolute atomic E-state index is 13.3. The lowest BCUT2D eigenvalue weighted by molar-refractivity contribution is -0.305. The minimum Gasteiger partial charge on any atom is -0.454 e. The van der Waals surface area contributed by atoms with E-state index in [1.165, 1.54) is 122 Å². The number of nitrogens with one attached hydrogen (secondary N) is 1. The molecule has 0 aliphatic carbocycles. The van der Waals surface area contributed by atoms with E-state index < -0.39 is 67.4 Å². The van der Waals surface area contributed by atoms with Crippen LogP contribution in [0.25, 0.3) is 0 Å². The van der Waals surface area contributed by atoms with Crippen LogP contribution in [0.5, 0.6) is 0 Å². The summed E-state index contributed by atoms with van der Waals surface area (Å²) in [7, 11) is 0. The first-order valence-corrected chi connectivity index (χ1v) is 28.9. The van der Waals surface area contributed by atoms with Gasteiger partial charge in [-0.15, -0.1) is 0 Å². The first kappa shape index (κ1) is 65.6. The Labute approximate surface area is 427 Å². The summed E-state index contributed by atoms with van der Waals surface area (Å²) in [6.45, 7) is 5.73. The predicted octanol–water partition coefficient (Wildman–Crippen LogP) is 12.9. The quantitative estimate of drug-likeness (QED) is 0.0196. The summed E-state index contributed by atoms with van der Waals surface area (Å²) >= 11 is 0. The molecule has 0 saturated carbocycles. The largest absolute Gasteiger partial charge is 0.454 e. The molecule has 6 N–H and O–H groups in total. The van der Waals surface area contributed by atoms with Gasteiger partial charge in [0.05, 0.1) is 25.4 Å². The van der Waals surface area contributed by atoms with Crippen LogP contribution in [0.15, 0.2) is 48.6 Å². The lowest BCUT2D eigenvalue weighted by atomic mass is 9.99. The van der Waals surface area contributed by atoms with Gasteiger partial charge in [0, 0.05) is 6.42 Å². The number of hydrogen-bond acceptors (Lipinski definition) is 10. The highest BCUT2D eigenvalue weighted by atomic mass is 16.7. The van der Waals surface area contributed by atoms with Crippen LogP contribution in [0, 0.1) is 0 Å². The standard InChI is InChI=1S/C59H107NO10/c1-4-7-10-13-16-19-22-25-26-27-28-29-32-35-38-41-44-47-54(64)70-57-56(66)55(65)53(48-61)69-59(57)68-49-50(51(62)45-42-39-36-33-30-23-20-17-14-11-8-5-2)60-58(67)52(63)46-43-40-37-34-31-24-21-18-15-12-9-6-3/h16,19,25-26,28-29,42,45,50-53,55-57,59,61-63,65-66H,4-15,17-18,20-24,27,30-41,43-44,46-49H2,1-3H3,(H,60,67)/b19-16-,26-25-,29-28-,45-42+. The Morgan fingerprint density at radius 1 is 0.557 bits per heavy atom. The molecule has 8 atom stereocenters. The number of allylic oxidation sites excluding steroid dienone is 7. The van der Waals surface area contributed by atoms with Crippen molar-refractivity contribution < 1.29 is 49.3 Å². The molecular formula is C59H107NO10. The van der Waals surface area contributed by atoms with E-state index in [0.29, 0.717) is 19.3 Å². The molecular weight excluding hydrogens is 883 g/mol. The van der Waals surface area contributed by atoms with E-state index in [4.69, 9.17) is 14.2 Å². The van der Waals surface area contributed by atoms with E-state index in [-0.39, 0.29) is 13.0 Å². The molecule has 1 fully saturated rings. The first-order chi connectivity index (χ1) is 34.2. The van der Waals surface area contributed by atoms with Gasteiger partial charge < -0.3 is 45.1 Å². The maximum atomic E-state index is 13.3. The summed E-state index contributed by atoms with van der Waals surface area (Å²) in [5, 5.41) is 56.8. The zero-order valence-corrected chi connectivity index (χ0v) is 44.9. The average molecular weight is 991 g/mol. The smallest absolute Gasteiger partial charge is 0.306 e. The zero-order chi connectivity index (χ0) is 51.1. The average Bonchev–Trinajstić information content (AvgIpc) is 3.36. The molecule has 1 heterocycles. The fourth-order valence-electron chi connectivity index (χ4n) is 8.83. The highest BCUT2D eigenvalue weighted by molar-refractivity contribution is 5.80. The minimum absolute atomic E-state index is 0.0987. The lowest BCUT2D eigenvalue weighted by Crippen LogP contribution is -2.61. The van der Waals surface area contributed by atoms with Crippen molar-refractivity contribution in [2.75, 3.05) is 13.2 Å². The van der Waals surface area contributed by atoms with Crippen molar-refractivity contribution in [3.63, 3.8) is 0 Å². The molecule has 0 aromatic rings. The second-order valence-corrected chi connectivity index (χ2v) is 20.0. The van der Waals surface area contributed by atoms with Crippen LogP contribution < -0.4 is 5.32 Å². The second kappa shape index (κ2) is 47.6. The molecule has 0 radical (unpaired) electrons. The molecule has 0 aromatic heterocycles. The van der Waals surface area contributed by atoms with Gasteiger partial charge in [-0.05, 0) is 64.2 Å². The zero-order valence-electron chi connectivity index (χ0n) is 44.9. The Morgan fingerprint density at radius 2 is 0.986 bits per heavy atom. The number of unbranched alkanes of at least 4 members (excludes halogenated alkanes) is 28. The minimum atomic E-state index is -1.62. The molecule has 11 heteroatoms. The van der Waals surface area contributed by atoms with Gasteiger partial charge in [-0.3, -0.25) is 9.59 Å². The van der Waals surface area contributed by atoms with Gasteiger partial charge in [0.15, 0.2) is 12.4 Å². The Kier molecular flexibility index (Phi) is 44.6. The van der Waals surface area contributed by atoms with Crippen molar-refractivity contribution >= 4 is 11.9 Å². The van der Waals surface area contributed by atoms with Crippen molar-refractivity contribution in [1.82, 2.24) is 5.32 Å². The van der Waals surface area contributed by atoms with Gasteiger partial charge in [-0.1, -0.05) is 230 Å².